The summed E-state index contributed by atoms with van der Waals surface area (Å²) >= 11 is 14.7. The highest BCUT2D eigenvalue weighted by Crippen LogP contribution is 2.40. The van der Waals surface area contributed by atoms with Crippen molar-refractivity contribution < 1.29 is 0 Å². The fourth-order valence-corrected chi connectivity index (χ4v) is 5.18. The molecule has 2 rings (SSSR count). The Labute approximate surface area is 132 Å². The predicted molar refractivity (Wildman–Crippen MR) is 85.6 cm³/mol. The molecule has 1 heterocycles. The molecule has 2 aromatic rings. The second kappa shape index (κ2) is 5.49. The van der Waals surface area contributed by atoms with Crippen molar-refractivity contribution in [2.75, 3.05) is 5.73 Å². The minimum atomic E-state index is 0.209. The second-order valence-corrected chi connectivity index (χ2v) is 7.21. The zero-order valence-corrected chi connectivity index (χ0v) is 14.5. The first-order chi connectivity index (χ1) is 8.40. The van der Waals surface area contributed by atoms with Crippen LogP contribution in [0, 0.1) is 6.92 Å². The molecule has 0 radical (unpaired) electrons. The molecular weight excluding hydrogens is 399 g/mol. The van der Waals surface area contributed by atoms with Crippen LogP contribution in [0.2, 0.25) is 5.02 Å². The lowest BCUT2D eigenvalue weighted by atomic mass is 9.99. The molecule has 1 aromatic carbocycles. The average molecular weight is 411 g/mol. The van der Waals surface area contributed by atoms with Gasteiger partial charge in [-0.05, 0) is 24.6 Å². The number of anilines is 1. The van der Waals surface area contributed by atoms with Crippen LogP contribution < -0.4 is 5.73 Å². The molecule has 0 aliphatic heterocycles. The van der Waals surface area contributed by atoms with Gasteiger partial charge in [0.05, 0.1) is 5.69 Å². The Hall–Kier alpha value is -0.100. The maximum atomic E-state index is 6.02. The van der Waals surface area contributed by atoms with Gasteiger partial charge in [-0.1, -0.05) is 50.4 Å². The largest absolute Gasteiger partial charge is 0.375 e. The maximum absolute atomic E-state index is 6.02. The van der Waals surface area contributed by atoms with Gasteiger partial charge in [0.1, 0.15) is 0 Å². The molecule has 0 aliphatic carbocycles. The molecule has 6 heteroatoms. The van der Waals surface area contributed by atoms with Crippen molar-refractivity contribution >= 4 is 59.9 Å². The topological polar surface area (TPSA) is 38.9 Å². The van der Waals surface area contributed by atoms with Gasteiger partial charge in [-0.2, -0.15) is 0 Å². The normalized spacial score (nSPS) is 12.7. The summed E-state index contributed by atoms with van der Waals surface area (Å²) in [5.74, 6) is 0.209. The third-order valence-electron chi connectivity index (χ3n) is 2.72. The molecule has 2 N–H and O–H groups in total. The number of benzene rings is 1. The van der Waals surface area contributed by atoms with E-state index >= 15 is 0 Å². The van der Waals surface area contributed by atoms with E-state index in [2.05, 4.69) is 43.8 Å². The summed E-state index contributed by atoms with van der Waals surface area (Å²) in [4.78, 5) is 5.45. The van der Waals surface area contributed by atoms with E-state index in [1.54, 1.807) is 0 Å². The molecule has 96 valence electrons. The molecule has 2 nitrogen and oxygen atoms in total. The van der Waals surface area contributed by atoms with Crippen molar-refractivity contribution in [1.29, 1.82) is 0 Å². The summed E-state index contributed by atoms with van der Waals surface area (Å²) in [6.45, 7) is 4.12. The van der Waals surface area contributed by atoms with Gasteiger partial charge >= 0.3 is 0 Å². The highest BCUT2D eigenvalue weighted by molar-refractivity contribution is 9.11. The Bertz CT molecular complexity index is 575. The Morgan fingerprint density at radius 3 is 2.33 bits per heavy atom. The first kappa shape index (κ1) is 14.3. The minimum absolute atomic E-state index is 0.209. The predicted octanol–water partition coefficient (Wildman–Crippen LogP) is 5.36. The molecule has 1 unspecified atom stereocenters. The van der Waals surface area contributed by atoms with E-state index in [0.29, 0.717) is 10.2 Å². The molecular formula is C12H11Br2ClN2S. The van der Waals surface area contributed by atoms with Gasteiger partial charge < -0.3 is 5.73 Å². The number of rotatable bonds is 2. The van der Waals surface area contributed by atoms with Crippen molar-refractivity contribution in [3.8, 4) is 0 Å². The van der Waals surface area contributed by atoms with E-state index in [4.69, 9.17) is 17.3 Å². The van der Waals surface area contributed by atoms with Crippen molar-refractivity contribution in [2.45, 2.75) is 19.8 Å². The Kier molecular flexibility index (Phi) is 4.36. The third kappa shape index (κ3) is 2.74. The van der Waals surface area contributed by atoms with Gasteiger partial charge in [0.25, 0.3) is 0 Å². The molecule has 0 aliphatic rings. The third-order valence-corrected chi connectivity index (χ3v) is 5.42. The van der Waals surface area contributed by atoms with Crippen LogP contribution in [0.3, 0.4) is 0 Å². The fraction of sp³-hybridized carbons (Fsp3) is 0.250. The molecule has 0 saturated carbocycles. The van der Waals surface area contributed by atoms with Crippen molar-refractivity contribution in [3.63, 3.8) is 0 Å². The van der Waals surface area contributed by atoms with Crippen LogP contribution in [0.15, 0.2) is 21.1 Å². The summed E-state index contributed by atoms with van der Waals surface area (Å²) in [6, 6.07) is 3.80. The highest BCUT2D eigenvalue weighted by atomic mass is 79.9. The minimum Gasteiger partial charge on any atom is -0.375 e. The van der Waals surface area contributed by atoms with E-state index in [-0.39, 0.29) is 5.92 Å². The van der Waals surface area contributed by atoms with E-state index in [9.17, 15) is 0 Å². The SMILES string of the molecule is Cc1nc(N)sc1C(C)c1c(Br)cc(Cl)cc1Br. The van der Waals surface area contributed by atoms with Gasteiger partial charge in [-0.15, -0.1) is 11.3 Å². The maximum Gasteiger partial charge on any atom is 0.180 e. The quantitative estimate of drug-likeness (QED) is 0.723. The van der Waals surface area contributed by atoms with Gasteiger partial charge in [0.15, 0.2) is 5.13 Å². The van der Waals surface area contributed by atoms with E-state index in [1.807, 2.05) is 19.1 Å². The molecule has 1 atom stereocenters. The molecule has 0 spiro atoms. The average Bonchev–Trinajstić information content (AvgIpc) is 2.56. The van der Waals surface area contributed by atoms with Crippen molar-refractivity contribution in [3.05, 3.63) is 42.2 Å². The molecule has 0 fully saturated rings. The number of nitrogens with zero attached hydrogens (tertiary/aromatic N) is 1. The lowest BCUT2D eigenvalue weighted by molar-refractivity contribution is 0.914. The summed E-state index contributed by atoms with van der Waals surface area (Å²) < 4.78 is 1.97. The van der Waals surface area contributed by atoms with Gasteiger partial charge in [0.2, 0.25) is 0 Å². The number of hydrogen-bond acceptors (Lipinski definition) is 3. The summed E-state index contributed by atoms with van der Waals surface area (Å²) in [6.07, 6.45) is 0. The van der Waals surface area contributed by atoms with Crippen LogP contribution in [0.5, 0.6) is 0 Å². The number of nitrogen functional groups attached to an aromatic ring is 1. The molecule has 1 aromatic heterocycles. The first-order valence-corrected chi connectivity index (χ1v) is 8.05. The molecule has 0 saturated heterocycles. The Balaban J connectivity index is 2.52. The van der Waals surface area contributed by atoms with E-state index < -0.39 is 0 Å². The summed E-state index contributed by atoms with van der Waals surface area (Å²) in [5.41, 5.74) is 7.90. The van der Waals surface area contributed by atoms with Crippen LogP contribution in [-0.2, 0) is 0 Å². The molecule has 0 bridgehead atoms. The van der Waals surface area contributed by atoms with Gasteiger partial charge in [-0.25, -0.2) is 4.98 Å². The number of hydrogen-bond donors (Lipinski definition) is 1. The monoisotopic (exact) mass is 408 g/mol. The van der Waals surface area contributed by atoms with Crippen molar-refractivity contribution in [2.24, 2.45) is 0 Å². The van der Waals surface area contributed by atoms with Gasteiger partial charge in [-0.3, -0.25) is 0 Å². The van der Waals surface area contributed by atoms with Crippen LogP contribution in [-0.4, -0.2) is 4.98 Å². The number of aryl methyl sites for hydroxylation is 1. The van der Waals surface area contributed by atoms with E-state index in [0.717, 1.165) is 20.2 Å². The van der Waals surface area contributed by atoms with E-state index in [1.165, 1.54) is 16.2 Å². The Morgan fingerprint density at radius 1 is 1.33 bits per heavy atom. The van der Waals surface area contributed by atoms with Crippen LogP contribution in [0.25, 0.3) is 0 Å². The van der Waals surface area contributed by atoms with Crippen LogP contribution in [0.4, 0.5) is 5.13 Å². The first-order valence-electron chi connectivity index (χ1n) is 5.27. The highest BCUT2D eigenvalue weighted by Gasteiger charge is 2.20. The second-order valence-electron chi connectivity index (χ2n) is 4.01. The number of aromatic nitrogens is 1. The summed E-state index contributed by atoms with van der Waals surface area (Å²) in [5, 5.41) is 1.31. The lowest BCUT2D eigenvalue weighted by Crippen LogP contribution is -1.98. The van der Waals surface area contributed by atoms with Gasteiger partial charge in [0, 0.05) is 24.8 Å². The number of nitrogens with two attached hydrogens (primary N) is 1. The number of thiazole rings is 1. The zero-order chi connectivity index (χ0) is 13.4. The van der Waals surface area contributed by atoms with Crippen LogP contribution in [0.1, 0.15) is 29.0 Å². The smallest absolute Gasteiger partial charge is 0.180 e. The van der Waals surface area contributed by atoms with Crippen molar-refractivity contribution in [1.82, 2.24) is 4.98 Å². The standard InChI is InChI=1S/C12H11Br2ClN2S/c1-5(11-6(2)17-12(16)18-11)10-8(13)3-7(15)4-9(10)14/h3-5H,1-2H3,(H2,16,17). The van der Waals surface area contributed by atoms with Crippen LogP contribution >= 0.6 is 54.8 Å². The summed E-state index contributed by atoms with van der Waals surface area (Å²) in [7, 11) is 0. The molecule has 18 heavy (non-hydrogen) atoms. The Morgan fingerprint density at radius 2 is 1.89 bits per heavy atom. The fourth-order valence-electron chi connectivity index (χ4n) is 1.93. The lowest BCUT2D eigenvalue weighted by Gasteiger charge is -2.15. The molecule has 0 amide bonds. The zero-order valence-electron chi connectivity index (χ0n) is 9.80. The number of halogens is 3.